The molecular weight excluding hydrogens is 400 g/mol. The highest BCUT2D eigenvalue weighted by Gasteiger charge is 2.69. The van der Waals surface area contributed by atoms with Crippen LogP contribution in [0, 0.1) is 16.7 Å². The van der Waals surface area contributed by atoms with E-state index in [1.807, 2.05) is 0 Å². The van der Waals surface area contributed by atoms with Crippen molar-refractivity contribution in [3.63, 3.8) is 0 Å². The molecule has 0 saturated heterocycles. The van der Waals surface area contributed by atoms with Crippen LogP contribution < -0.4 is 0 Å². The maximum absolute atomic E-state index is 13.3. The van der Waals surface area contributed by atoms with E-state index in [0.29, 0.717) is 45.7 Å². The number of hydrogen-bond acceptors (Lipinski definition) is 7. The number of rotatable bonds is 14. The minimum absolute atomic E-state index is 0.137. The summed E-state index contributed by atoms with van der Waals surface area (Å²) >= 11 is 0. The van der Waals surface area contributed by atoms with Gasteiger partial charge in [0.1, 0.15) is 6.79 Å². The Balaban J connectivity index is 1.78. The molecule has 4 bridgehead atoms. The van der Waals surface area contributed by atoms with Gasteiger partial charge in [-0.25, -0.2) is 0 Å². The number of ether oxygens (including phenoxy) is 5. The summed E-state index contributed by atoms with van der Waals surface area (Å²) in [6, 6.07) is 0. The molecule has 0 aliphatic heterocycles. The number of carbonyl (C=O) groups is 2. The quantitative estimate of drug-likeness (QED) is 0.229. The molecule has 0 aromatic carbocycles. The van der Waals surface area contributed by atoms with Crippen molar-refractivity contribution in [2.75, 3.05) is 40.3 Å². The first-order valence-corrected chi connectivity index (χ1v) is 12.0. The van der Waals surface area contributed by atoms with Crippen LogP contribution in [-0.2, 0) is 33.3 Å². The maximum Gasteiger partial charge on any atom is 0.312 e. The lowest BCUT2D eigenvalue weighted by atomic mass is 9.42. The summed E-state index contributed by atoms with van der Waals surface area (Å²) in [5.41, 5.74) is -1.87. The minimum atomic E-state index is -0.663. The van der Waals surface area contributed by atoms with E-state index in [1.165, 1.54) is 0 Å². The van der Waals surface area contributed by atoms with E-state index in [9.17, 15) is 9.59 Å². The average molecular weight is 441 g/mol. The Kier molecular flexibility index (Phi) is 8.38. The topological polar surface area (TPSA) is 80.3 Å². The molecule has 4 aliphatic carbocycles. The zero-order valence-corrected chi connectivity index (χ0v) is 19.5. The molecular formula is C24H40O7. The molecule has 31 heavy (non-hydrogen) atoms. The van der Waals surface area contributed by atoms with Gasteiger partial charge in [0, 0.05) is 7.11 Å². The SMILES string of the molecule is CCCCOC(=O)C12CC3CC(OCOCCOC)(C1)CC(C(=O)OCCCC)(C3)C2. The fourth-order valence-electron chi connectivity index (χ4n) is 6.26. The summed E-state index contributed by atoms with van der Waals surface area (Å²) in [5, 5.41) is 0. The fourth-order valence-corrected chi connectivity index (χ4v) is 6.26. The molecule has 0 radical (unpaired) electrons. The molecule has 4 rings (SSSR count). The Morgan fingerprint density at radius 3 is 1.90 bits per heavy atom. The second-order valence-electron chi connectivity index (χ2n) is 9.89. The third kappa shape index (κ3) is 5.42. The smallest absolute Gasteiger partial charge is 0.312 e. The molecule has 7 heteroatoms. The highest BCUT2D eigenvalue weighted by molar-refractivity contribution is 5.83. The van der Waals surface area contributed by atoms with Crippen molar-refractivity contribution in [1.82, 2.24) is 0 Å². The highest BCUT2D eigenvalue weighted by atomic mass is 16.7. The van der Waals surface area contributed by atoms with Crippen molar-refractivity contribution in [2.24, 2.45) is 16.7 Å². The van der Waals surface area contributed by atoms with Gasteiger partial charge in [-0.15, -0.1) is 0 Å². The summed E-state index contributed by atoms with van der Waals surface area (Å²) in [5.74, 6) is -0.0687. The monoisotopic (exact) mass is 440 g/mol. The van der Waals surface area contributed by atoms with Gasteiger partial charge in [0.05, 0.1) is 42.9 Å². The van der Waals surface area contributed by atoms with Crippen LogP contribution in [0.5, 0.6) is 0 Å². The van der Waals surface area contributed by atoms with Crippen LogP contribution in [0.25, 0.3) is 0 Å². The third-order valence-electron chi connectivity index (χ3n) is 7.23. The first kappa shape index (κ1) is 24.5. The molecule has 4 fully saturated rings. The van der Waals surface area contributed by atoms with Gasteiger partial charge in [0.2, 0.25) is 0 Å². The molecule has 7 nitrogen and oxygen atoms in total. The van der Waals surface area contributed by atoms with Gasteiger partial charge in [0.25, 0.3) is 0 Å². The van der Waals surface area contributed by atoms with Crippen LogP contribution in [0.4, 0.5) is 0 Å². The van der Waals surface area contributed by atoms with Crippen LogP contribution in [-0.4, -0.2) is 57.9 Å². The van der Waals surface area contributed by atoms with E-state index in [2.05, 4.69) is 13.8 Å². The molecule has 0 heterocycles. The largest absolute Gasteiger partial charge is 0.465 e. The lowest BCUT2D eigenvalue weighted by Crippen LogP contribution is -2.65. The molecule has 178 valence electrons. The van der Waals surface area contributed by atoms with Crippen molar-refractivity contribution in [1.29, 1.82) is 0 Å². The first-order valence-electron chi connectivity index (χ1n) is 12.0. The summed E-state index contributed by atoms with van der Waals surface area (Å²) in [6.45, 7) is 6.11. The number of methoxy groups -OCH3 is 1. The predicted octanol–water partition coefficient (Wildman–Crippen LogP) is 4.02. The van der Waals surface area contributed by atoms with Crippen LogP contribution >= 0.6 is 0 Å². The molecule has 0 aromatic heterocycles. The summed E-state index contributed by atoms with van der Waals surface area (Å²) in [7, 11) is 1.63. The summed E-state index contributed by atoms with van der Waals surface area (Å²) in [6.07, 6.45) is 7.77. The van der Waals surface area contributed by atoms with E-state index in [4.69, 9.17) is 23.7 Å². The van der Waals surface area contributed by atoms with Gasteiger partial charge in [-0.3, -0.25) is 9.59 Å². The Labute approximate surface area is 186 Å². The Morgan fingerprint density at radius 1 is 0.806 bits per heavy atom. The number of unbranched alkanes of at least 4 members (excludes halogenated alkanes) is 2. The molecule has 4 aliphatic rings. The Hall–Kier alpha value is -1.18. The van der Waals surface area contributed by atoms with Gasteiger partial charge in [-0.2, -0.15) is 0 Å². The molecule has 2 atom stereocenters. The zero-order valence-electron chi connectivity index (χ0n) is 19.5. The van der Waals surface area contributed by atoms with Gasteiger partial charge >= 0.3 is 11.9 Å². The van der Waals surface area contributed by atoms with Crippen molar-refractivity contribution in [2.45, 2.75) is 83.7 Å². The number of hydrogen-bond donors (Lipinski definition) is 0. The molecule has 0 aromatic rings. The molecule has 2 unspecified atom stereocenters. The average Bonchev–Trinajstić information content (AvgIpc) is 2.73. The predicted molar refractivity (Wildman–Crippen MR) is 114 cm³/mol. The van der Waals surface area contributed by atoms with Crippen LogP contribution in [0.1, 0.15) is 78.1 Å². The van der Waals surface area contributed by atoms with E-state index in [0.717, 1.165) is 44.9 Å². The summed E-state index contributed by atoms with van der Waals surface area (Å²) in [4.78, 5) is 26.6. The molecule has 4 saturated carbocycles. The highest BCUT2D eigenvalue weighted by Crippen LogP contribution is 2.68. The summed E-state index contributed by atoms with van der Waals surface area (Å²) < 4.78 is 28.3. The zero-order chi connectivity index (χ0) is 22.4. The first-order chi connectivity index (χ1) is 14.9. The standard InChI is InChI=1S/C24H40O7/c1-4-6-8-29-20(25)22-12-19-13-23(15-22,21(26)30-9-7-5-2)17-24(14-19,16-22)31-18-28-11-10-27-3/h19H,4-18H2,1-3H3. The van der Waals surface area contributed by atoms with Crippen molar-refractivity contribution in [3.8, 4) is 0 Å². The third-order valence-corrected chi connectivity index (χ3v) is 7.23. The Bertz CT molecular complexity index is 581. The second-order valence-corrected chi connectivity index (χ2v) is 9.89. The second kappa shape index (κ2) is 10.6. The lowest BCUT2D eigenvalue weighted by molar-refractivity contribution is -0.257. The van der Waals surface area contributed by atoms with Gasteiger partial charge in [-0.05, 0) is 57.3 Å². The fraction of sp³-hybridized carbons (Fsp3) is 0.917. The maximum atomic E-state index is 13.3. The van der Waals surface area contributed by atoms with E-state index >= 15 is 0 Å². The molecule has 0 N–H and O–H groups in total. The normalized spacial score (nSPS) is 33.5. The van der Waals surface area contributed by atoms with Gasteiger partial charge in [-0.1, -0.05) is 26.7 Å². The van der Waals surface area contributed by atoms with E-state index < -0.39 is 16.4 Å². The number of esters is 2. The van der Waals surface area contributed by atoms with E-state index in [1.54, 1.807) is 7.11 Å². The van der Waals surface area contributed by atoms with Crippen LogP contribution in [0.2, 0.25) is 0 Å². The van der Waals surface area contributed by atoms with Crippen molar-refractivity contribution < 1.29 is 33.3 Å². The number of carbonyl (C=O) groups excluding carboxylic acids is 2. The lowest BCUT2D eigenvalue weighted by Gasteiger charge is -2.63. The van der Waals surface area contributed by atoms with E-state index in [-0.39, 0.29) is 24.6 Å². The minimum Gasteiger partial charge on any atom is -0.465 e. The van der Waals surface area contributed by atoms with Gasteiger partial charge in [0.15, 0.2) is 0 Å². The van der Waals surface area contributed by atoms with Crippen LogP contribution in [0.15, 0.2) is 0 Å². The Morgan fingerprint density at radius 2 is 1.39 bits per heavy atom. The van der Waals surface area contributed by atoms with Gasteiger partial charge < -0.3 is 23.7 Å². The molecule has 0 amide bonds. The van der Waals surface area contributed by atoms with Crippen molar-refractivity contribution >= 4 is 11.9 Å². The molecule has 0 spiro atoms. The van der Waals surface area contributed by atoms with Crippen molar-refractivity contribution in [3.05, 3.63) is 0 Å². The van der Waals surface area contributed by atoms with Crippen LogP contribution in [0.3, 0.4) is 0 Å².